The molecule has 5 nitrogen and oxygen atoms in total. The minimum Gasteiger partial charge on any atom is -0.466 e. The number of nitrogens with one attached hydrogen (secondary N) is 1. The summed E-state index contributed by atoms with van der Waals surface area (Å²) in [6, 6.07) is 7.77. The molecule has 126 valence electrons. The number of amides is 1. The van der Waals surface area contributed by atoms with Gasteiger partial charge in [0.15, 0.2) is 0 Å². The molecule has 1 N–H and O–H groups in total. The lowest BCUT2D eigenvalue weighted by molar-refractivity contribution is -0.149. The van der Waals surface area contributed by atoms with Gasteiger partial charge in [0.1, 0.15) is 0 Å². The quantitative estimate of drug-likeness (QED) is 0.819. The Bertz CT molecular complexity index is 545. The summed E-state index contributed by atoms with van der Waals surface area (Å²) in [6.45, 7) is 6.55. The molecule has 1 atom stereocenters. The zero-order chi connectivity index (χ0) is 16.7. The van der Waals surface area contributed by atoms with Crippen molar-refractivity contribution in [3.05, 3.63) is 29.8 Å². The molecule has 1 aliphatic heterocycles. The van der Waals surface area contributed by atoms with E-state index in [1.165, 1.54) is 0 Å². The van der Waals surface area contributed by atoms with Crippen molar-refractivity contribution in [3.63, 3.8) is 0 Å². The van der Waals surface area contributed by atoms with Crippen LogP contribution in [0, 0.1) is 12.8 Å². The number of carbonyl (C=O) groups excluding carboxylic acids is 2. The summed E-state index contributed by atoms with van der Waals surface area (Å²) in [4.78, 5) is 26.1. The number of likely N-dealkylation sites (tertiary alicyclic amines) is 1. The zero-order valence-electron chi connectivity index (χ0n) is 14.0. The Labute approximate surface area is 138 Å². The minimum absolute atomic E-state index is 0.00820. The fourth-order valence-corrected chi connectivity index (χ4v) is 2.92. The first-order chi connectivity index (χ1) is 11.1. The number of carbonyl (C=O) groups is 2. The number of anilines is 1. The SMILES string of the molecule is CCOC(=O)[C@@H]1CCCN(CCC(=O)Nc2cccc(C)c2)C1. The number of ether oxygens (including phenoxy) is 1. The summed E-state index contributed by atoms with van der Waals surface area (Å²) in [7, 11) is 0. The Kier molecular flexibility index (Phi) is 6.59. The van der Waals surface area contributed by atoms with Crippen LogP contribution in [-0.2, 0) is 14.3 Å². The van der Waals surface area contributed by atoms with Gasteiger partial charge in [-0.1, -0.05) is 12.1 Å². The van der Waals surface area contributed by atoms with E-state index in [0.29, 0.717) is 26.1 Å². The third kappa shape index (κ3) is 5.67. The first kappa shape index (κ1) is 17.5. The second kappa shape index (κ2) is 8.67. The van der Waals surface area contributed by atoms with E-state index in [9.17, 15) is 9.59 Å². The van der Waals surface area contributed by atoms with Gasteiger partial charge in [0.05, 0.1) is 12.5 Å². The molecule has 0 aliphatic carbocycles. The maximum Gasteiger partial charge on any atom is 0.310 e. The highest BCUT2D eigenvalue weighted by Crippen LogP contribution is 2.18. The third-order valence-corrected chi connectivity index (χ3v) is 4.08. The molecule has 1 heterocycles. The van der Waals surface area contributed by atoms with E-state index in [4.69, 9.17) is 4.74 Å². The largest absolute Gasteiger partial charge is 0.466 e. The summed E-state index contributed by atoms with van der Waals surface area (Å²) >= 11 is 0. The fraction of sp³-hybridized carbons (Fsp3) is 0.556. The first-order valence-corrected chi connectivity index (χ1v) is 8.34. The van der Waals surface area contributed by atoms with Crippen molar-refractivity contribution in [2.45, 2.75) is 33.1 Å². The topological polar surface area (TPSA) is 58.6 Å². The summed E-state index contributed by atoms with van der Waals surface area (Å²) < 4.78 is 5.10. The molecule has 1 aromatic carbocycles. The van der Waals surface area contributed by atoms with Gasteiger partial charge >= 0.3 is 5.97 Å². The normalized spacial score (nSPS) is 18.4. The number of hydrogen-bond acceptors (Lipinski definition) is 4. The fourth-order valence-electron chi connectivity index (χ4n) is 2.92. The smallest absolute Gasteiger partial charge is 0.310 e. The number of hydrogen-bond donors (Lipinski definition) is 1. The van der Waals surface area contributed by atoms with E-state index in [0.717, 1.165) is 30.6 Å². The van der Waals surface area contributed by atoms with Gasteiger partial charge in [-0.05, 0) is 50.9 Å². The van der Waals surface area contributed by atoms with Gasteiger partial charge in [0.2, 0.25) is 5.91 Å². The molecule has 0 aromatic heterocycles. The van der Waals surface area contributed by atoms with Crippen LogP contribution in [0.5, 0.6) is 0 Å². The Hall–Kier alpha value is -1.88. The summed E-state index contributed by atoms with van der Waals surface area (Å²) in [5.41, 5.74) is 1.95. The van der Waals surface area contributed by atoms with Crippen molar-refractivity contribution < 1.29 is 14.3 Å². The van der Waals surface area contributed by atoms with Gasteiger partial charge in [-0.15, -0.1) is 0 Å². The highest BCUT2D eigenvalue weighted by molar-refractivity contribution is 5.90. The van der Waals surface area contributed by atoms with Crippen LogP contribution in [0.4, 0.5) is 5.69 Å². The van der Waals surface area contributed by atoms with Crippen LogP contribution in [0.1, 0.15) is 31.7 Å². The molecular formula is C18H26N2O3. The standard InChI is InChI=1S/C18H26N2O3/c1-3-23-18(22)15-7-5-10-20(13-15)11-9-17(21)19-16-8-4-6-14(2)12-16/h4,6,8,12,15H,3,5,7,9-11,13H2,1-2H3,(H,19,21)/t15-/m1/s1. The summed E-state index contributed by atoms with van der Waals surface area (Å²) in [5, 5.41) is 2.92. The van der Waals surface area contributed by atoms with Crippen LogP contribution < -0.4 is 5.32 Å². The van der Waals surface area contributed by atoms with Gasteiger partial charge in [-0.3, -0.25) is 9.59 Å². The number of piperidine rings is 1. The Morgan fingerprint density at radius 2 is 2.22 bits per heavy atom. The zero-order valence-corrected chi connectivity index (χ0v) is 14.0. The molecule has 0 unspecified atom stereocenters. The molecule has 1 fully saturated rings. The van der Waals surface area contributed by atoms with Crippen molar-refractivity contribution >= 4 is 17.6 Å². The molecule has 1 aliphatic rings. The number of benzene rings is 1. The lowest BCUT2D eigenvalue weighted by atomic mass is 9.98. The second-order valence-corrected chi connectivity index (χ2v) is 6.06. The number of nitrogens with zero attached hydrogens (tertiary/aromatic N) is 1. The minimum atomic E-state index is -0.110. The molecule has 0 radical (unpaired) electrons. The summed E-state index contributed by atoms with van der Waals surface area (Å²) in [6.07, 6.45) is 2.29. The molecule has 0 bridgehead atoms. The number of esters is 1. The third-order valence-electron chi connectivity index (χ3n) is 4.08. The van der Waals surface area contributed by atoms with Gasteiger partial charge in [-0.2, -0.15) is 0 Å². The molecule has 1 aromatic rings. The van der Waals surface area contributed by atoms with Crippen LogP contribution in [0.2, 0.25) is 0 Å². The van der Waals surface area contributed by atoms with E-state index in [1.807, 2.05) is 38.1 Å². The second-order valence-electron chi connectivity index (χ2n) is 6.06. The van der Waals surface area contributed by atoms with E-state index in [-0.39, 0.29) is 17.8 Å². The average Bonchev–Trinajstić information content (AvgIpc) is 2.53. The van der Waals surface area contributed by atoms with Crippen molar-refractivity contribution in [3.8, 4) is 0 Å². The molecule has 1 amide bonds. The lowest BCUT2D eigenvalue weighted by Crippen LogP contribution is -2.40. The number of rotatable bonds is 6. The van der Waals surface area contributed by atoms with Crippen LogP contribution in [-0.4, -0.2) is 43.0 Å². The van der Waals surface area contributed by atoms with Gasteiger partial charge in [-0.25, -0.2) is 0 Å². The van der Waals surface area contributed by atoms with Crippen LogP contribution in [0.3, 0.4) is 0 Å². The van der Waals surface area contributed by atoms with E-state index in [2.05, 4.69) is 10.2 Å². The average molecular weight is 318 g/mol. The Morgan fingerprint density at radius 3 is 2.96 bits per heavy atom. The van der Waals surface area contributed by atoms with Crippen molar-refractivity contribution in [1.29, 1.82) is 0 Å². The van der Waals surface area contributed by atoms with Gasteiger partial charge in [0, 0.05) is 25.2 Å². The molecule has 0 saturated carbocycles. The van der Waals surface area contributed by atoms with Crippen LogP contribution >= 0.6 is 0 Å². The Morgan fingerprint density at radius 1 is 1.39 bits per heavy atom. The number of aryl methyl sites for hydroxylation is 1. The lowest BCUT2D eigenvalue weighted by Gasteiger charge is -2.31. The van der Waals surface area contributed by atoms with E-state index >= 15 is 0 Å². The van der Waals surface area contributed by atoms with E-state index < -0.39 is 0 Å². The Balaban J connectivity index is 1.76. The van der Waals surface area contributed by atoms with Crippen molar-refractivity contribution in [2.24, 2.45) is 5.92 Å². The molecule has 2 rings (SSSR count). The van der Waals surface area contributed by atoms with Gasteiger partial charge < -0.3 is 15.0 Å². The monoisotopic (exact) mass is 318 g/mol. The maximum atomic E-state index is 12.1. The van der Waals surface area contributed by atoms with Crippen LogP contribution in [0.15, 0.2) is 24.3 Å². The van der Waals surface area contributed by atoms with Gasteiger partial charge in [0.25, 0.3) is 0 Å². The maximum absolute atomic E-state index is 12.1. The summed E-state index contributed by atoms with van der Waals surface area (Å²) in [5.74, 6) is -0.154. The molecular weight excluding hydrogens is 292 g/mol. The van der Waals surface area contributed by atoms with Crippen molar-refractivity contribution in [2.75, 3.05) is 31.6 Å². The molecule has 0 spiro atoms. The molecule has 23 heavy (non-hydrogen) atoms. The molecule has 5 heteroatoms. The first-order valence-electron chi connectivity index (χ1n) is 8.34. The highest BCUT2D eigenvalue weighted by Gasteiger charge is 2.26. The predicted molar refractivity (Wildman–Crippen MR) is 90.2 cm³/mol. The van der Waals surface area contributed by atoms with E-state index in [1.54, 1.807) is 0 Å². The molecule has 1 saturated heterocycles. The van der Waals surface area contributed by atoms with Crippen molar-refractivity contribution in [1.82, 2.24) is 4.90 Å². The predicted octanol–water partition coefficient (Wildman–Crippen LogP) is 2.60. The highest BCUT2D eigenvalue weighted by atomic mass is 16.5. The van der Waals surface area contributed by atoms with Crippen LogP contribution in [0.25, 0.3) is 0 Å².